The van der Waals surface area contributed by atoms with Gasteiger partial charge in [-0.25, -0.2) is 9.59 Å². The first-order valence-electron chi connectivity index (χ1n) is 6.93. The van der Waals surface area contributed by atoms with Gasteiger partial charge in [-0.1, -0.05) is 12.1 Å². The molecule has 0 radical (unpaired) electrons. The van der Waals surface area contributed by atoms with E-state index >= 15 is 0 Å². The first-order chi connectivity index (χ1) is 10.0. The van der Waals surface area contributed by atoms with Crippen molar-refractivity contribution in [2.75, 3.05) is 26.8 Å². The lowest BCUT2D eigenvalue weighted by Crippen LogP contribution is -2.37. The highest BCUT2D eigenvalue weighted by Gasteiger charge is 2.09. The molecule has 0 bridgehead atoms. The number of urea groups is 1. The van der Waals surface area contributed by atoms with Gasteiger partial charge in [0.15, 0.2) is 0 Å². The molecule has 0 spiro atoms. The van der Waals surface area contributed by atoms with Gasteiger partial charge in [-0.2, -0.15) is 0 Å². The number of carbonyl (C=O) groups excluding carboxylic acids is 1. The summed E-state index contributed by atoms with van der Waals surface area (Å²) in [6.45, 7) is 4.25. The lowest BCUT2D eigenvalue weighted by atomic mass is 10.1. The van der Waals surface area contributed by atoms with Crippen molar-refractivity contribution >= 4 is 12.0 Å². The van der Waals surface area contributed by atoms with Crippen LogP contribution < -0.4 is 5.32 Å². The maximum Gasteiger partial charge on any atom is 0.335 e. The van der Waals surface area contributed by atoms with Crippen molar-refractivity contribution in [3.63, 3.8) is 0 Å². The average Bonchev–Trinajstić information content (AvgIpc) is 2.47. The Morgan fingerprint density at radius 1 is 1.29 bits per heavy atom. The maximum atomic E-state index is 11.8. The van der Waals surface area contributed by atoms with Gasteiger partial charge < -0.3 is 20.1 Å². The molecule has 0 aromatic heterocycles. The number of nitrogens with zero attached hydrogens (tertiary/aromatic N) is 1. The summed E-state index contributed by atoms with van der Waals surface area (Å²) in [7, 11) is 1.70. The molecule has 1 rings (SSSR count). The minimum atomic E-state index is -0.957. The van der Waals surface area contributed by atoms with Crippen LogP contribution in [0.3, 0.4) is 0 Å². The second-order valence-corrected chi connectivity index (χ2v) is 4.64. The number of carboxylic acids is 1. The van der Waals surface area contributed by atoms with E-state index in [-0.39, 0.29) is 11.6 Å². The number of hydrogen-bond donors (Lipinski definition) is 2. The van der Waals surface area contributed by atoms with E-state index in [9.17, 15) is 9.59 Å². The Bertz CT molecular complexity index is 459. The topological polar surface area (TPSA) is 78.9 Å². The molecule has 1 aromatic carbocycles. The lowest BCUT2D eigenvalue weighted by molar-refractivity contribution is 0.0697. The smallest absolute Gasteiger partial charge is 0.335 e. The van der Waals surface area contributed by atoms with Gasteiger partial charge in [-0.15, -0.1) is 0 Å². The lowest BCUT2D eigenvalue weighted by Gasteiger charge is -2.18. The third-order valence-corrected chi connectivity index (χ3v) is 2.91. The van der Waals surface area contributed by atoms with Gasteiger partial charge in [-0.05, 0) is 31.0 Å². The fraction of sp³-hybridized carbons (Fsp3) is 0.467. The zero-order chi connectivity index (χ0) is 15.7. The summed E-state index contributed by atoms with van der Waals surface area (Å²) < 4.78 is 5.19. The van der Waals surface area contributed by atoms with E-state index in [0.717, 1.165) is 12.0 Å². The van der Waals surface area contributed by atoms with Crippen LogP contribution in [0.25, 0.3) is 0 Å². The number of carbonyl (C=O) groups is 2. The molecule has 0 unspecified atom stereocenters. The number of ether oxygens (including phenoxy) is 1. The molecular formula is C15H22N2O4. The second-order valence-electron chi connectivity index (χ2n) is 4.64. The standard InChI is InChI=1S/C15H22N2O4/c1-3-21-10-4-9-16-15(20)17(2)11-12-5-7-13(8-6-12)14(18)19/h5-8H,3-4,9-11H2,1-2H3,(H,16,20)(H,18,19). The van der Waals surface area contributed by atoms with Crippen molar-refractivity contribution in [3.8, 4) is 0 Å². The highest BCUT2D eigenvalue weighted by atomic mass is 16.5. The van der Waals surface area contributed by atoms with Crippen LogP contribution >= 0.6 is 0 Å². The second kappa shape index (κ2) is 8.97. The fourth-order valence-electron chi connectivity index (χ4n) is 1.75. The Labute approximate surface area is 124 Å². The van der Waals surface area contributed by atoms with Gasteiger partial charge in [0, 0.05) is 33.4 Å². The molecule has 2 amide bonds. The number of nitrogens with one attached hydrogen (secondary N) is 1. The van der Waals surface area contributed by atoms with Crippen LogP contribution in [0.1, 0.15) is 29.3 Å². The first-order valence-corrected chi connectivity index (χ1v) is 6.93. The summed E-state index contributed by atoms with van der Waals surface area (Å²) in [6.07, 6.45) is 0.779. The number of hydrogen-bond acceptors (Lipinski definition) is 3. The van der Waals surface area contributed by atoms with Crippen LogP contribution in [0.15, 0.2) is 24.3 Å². The first kappa shape index (κ1) is 17.0. The van der Waals surface area contributed by atoms with Crippen LogP contribution in [-0.4, -0.2) is 48.8 Å². The zero-order valence-corrected chi connectivity index (χ0v) is 12.5. The number of amides is 2. The predicted molar refractivity (Wildman–Crippen MR) is 79.4 cm³/mol. The van der Waals surface area contributed by atoms with Crippen LogP contribution in [0.5, 0.6) is 0 Å². The predicted octanol–water partition coefficient (Wildman–Crippen LogP) is 1.95. The van der Waals surface area contributed by atoms with Crippen molar-refractivity contribution < 1.29 is 19.4 Å². The van der Waals surface area contributed by atoms with Crippen molar-refractivity contribution in [2.24, 2.45) is 0 Å². The summed E-state index contributed by atoms with van der Waals surface area (Å²) in [6, 6.07) is 6.33. The number of carboxylic acid groups (broad SMARTS) is 1. The van der Waals surface area contributed by atoms with E-state index in [1.807, 2.05) is 6.92 Å². The van der Waals surface area contributed by atoms with Gasteiger partial charge in [0.05, 0.1) is 5.56 Å². The van der Waals surface area contributed by atoms with E-state index < -0.39 is 5.97 Å². The van der Waals surface area contributed by atoms with Crippen LogP contribution in [0.2, 0.25) is 0 Å². The van der Waals surface area contributed by atoms with Crippen LogP contribution in [0, 0.1) is 0 Å². The molecule has 0 fully saturated rings. The Morgan fingerprint density at radius 3 is 2.52 bits per heavy atom. The monoisotopic (exact) mass is 294 g/mol. The molecule has 0 aliphatic heterocycles. The molecule has 6 heteroatoms. The molecule has 2 N–H and O–H groups in total. The Morgan fingerprint density at radius 2 is 1.95 bits per heavy atom. The molecule has 0 atom stereocenters. The van der Waals surface area contributed by atoms with Gasteiger partial charge in [0.1, 0.15) is 0 Å². The molecule has 0 saturated carbocycles. The highest BCUT2D eigenvalue weighted by Crippen LogP contribution is 2.07. The maximum absolute atomic E-state index is 11.8. The molecule has 116 valence electrons. The minimum Gasteiger partial charge on any atom is -0.478 e. The Balaban J connectivity index is 2.36. The summed E-state index contributed by atoms with van der Waals surface area (Å²) in [5.41, 5.74) is 1.12. The largest absolute Gasteiger partial charge is 0.478 e. The average molecular weight is 294 g/mol. The summed E-state index contributed by atoms with van der Waals surface area (Å²) in [5, 5.41) is 11.6. The zero-order valence-electron chi connectivity index (χ0n) is 12.5. The molecular weight excluding hydrogens is 272 g/mol. The summed E-state index contributed by atoms with van der Waals surface area (Å²) in [5.74, 6) is -0.957. The van der Waals surface area contributed by atoms with Gasteiger partial charge in [0.25, 0.3) is 0 Å². The molecule has 1 aromatic rings. The van der Waals surface area contributed by atoms with Crippen LogP contribution in [-0.2, 0) is 11.3 Å². The van der Waals surface area contributed by atoms with Gasteiger partial charge in [0.2, 0.25) is 0 Å². The Kier molecular flexibility index (Phi) is 7.25. The summed E-state index contributed by atoms with van der Waals surface area (Å²) in [4.78, 5) is 24.1. The van der Waals surface area contributed by atoms with Crippen molar-refractivity contribution in [1.29, 1.82) is 0 Å². The van der Waals surface area contributed by atoms with Crippen molar-refractivity contribution in [2.45, 2.75) is 19.9 Å². The third-order valence-electron chi connectivity index (χ3n) is 2.91. The Hall–Kier alpha value is -2.08. The number of rotatable bonds is 8. The molecule has 6 nitrogen and oxygen atoms in total. The van der Waals surface area contributed by atoms with E-state index in [4.69, 9.17) is 9.84 Å². The van der Waals surface area contributed by atoms with E-state index in [1.165, 1.54) is 12.1 Å². The fourth-order valence-corrected chi connectivity index (χ4v) is 1.75. The molecule has 0 aliphatic rings. The molecule has 0 heterocycles. The molecule has 0 saturated heterocycles. The van der Waals surface area contributed by atoms with E-state index in [1.54, 1.807) is 24.1 Å². The molecule has 0 aliphatic carbocycles. The normalized spacial score (nSPS) is 10.2. The summed E-state index contributed by atoms with van der Waals surface area (Å²) >= 11 is 0. The van der Waals surface area contributed by atoms with Gasteiger partial charge in [-0.3, -0.25) is 0 Å². The minimum absolute atomic E-state index is 0.159. The van der Waals surface area contributed by atoms with Crippen molar-refractivity contribution in [1.82, 2.24) is 10.2 Å². The molecule has 21 heavy (non-hydrogen) atoms. The number of benzene rings is 1. The number of aromatic carboxylic acids is 1. The third kappa shape index (κ3) is 6.27. The van der Waals surface area contributed by atoms with Crippen LogP contribution in [0.4, 0.5) is 4.79 Å². The highest BCUT2D eigenvalue weighted by molar-refractivity contribution is 5.87. The van der Waals surface area contributed by atoms with E-state index in [0.29, 0.717) is 26.3 Å². The van der Waals surface area contributed by atoms with E-state index in [2.05, 4.69) is 5.32 Å². The van der Waals surface area contributed by atoms with Crippen molar-refractivity contribution in [3.05, 3.63) is 35.4 Å². The van der Waals surface area contributed by atoms with Gasteiger partial charge >= 0.3 is 12.0 Å². The SMILES string of the molecule is CCOCCCNC(=O)N(C)Cc1ccc(C(=O)O)cc1. The quantitative estimate of drug-likeness (QED) is 0.718.